The number of hydrogen-bond donors (Lipinski definition) is 0. The zero-order valence-electron chi connectivity index (χ0n) is 8.30. The van der Waals surface area contributed by atoms with E-state index in [9.17, 15) is 4.79 Å². The third kappa shape index (κ3) is 1.50. The zero-order chi connectivity index (χ0) is 10.8. The van der Waals surface area contributed by atoms with Crippen LogP contribution in [0, 0.1) is 0 Å². The van der Waals surface area contributed by atoms with Gasteiger partial charge in [-0.3, -0.25) is 0 Å². The van der Waals surface area contributed by atoms with Crippen molar-refractivity contribution >= 4 is 17.7 Å². The minimum Gasteiger partial charge on any atom is -0.465 e. The summed E-state index contributed by atoms with van der Waals surface area (Å²) >= 11 is 0. The summed E-state index contributed by atoms with van der Waals surface area (Å²) in [7, 11) is 1.35. The first-order valence-corrected chi connectivity index (χ1v) is 4.43. The molecule has 2 rings (SSSR count). The van der Waals surface area contributed by atoms with Gasteiger partial charge in [-0.05, 0) is 11.6 Å². The lowest BCUT2D eigenvalue weighted by Crippen LogP contribution is -2.04. The van der Waals surface area contributed by atoms with Gasteiger partial charge in [-0.2, -0.15) is 0 Å². The summed E-state index contributed by atoms with van der Waals surface area (Å²) in [6.45, 7) is 3.66. The predicted octanol–water partition coefficient (Wildman–Crippen LogP) is 1.76. The van der Waals surface area contributed by atoms with E-state index in [0.717, 1.165) is 5.56 Å². The smallest absolute Gasteiger partial charge is 0.341 e. The minimum atomic E-state index is -0.394. The number of pyridine rings is 1. The predicted molar refractivity (Wildman–Crippen MR) is 56.6 cm³/mol. The summed E-state index contributed by atoms with van der Waals surface area (Å²) in [5.41, 5.74) is 1.88. The molecule has 0 atom stereocenters. The Kier molecular flexibility index (Phi) is 2.25. The van der Waals surface area contributed by atoms with E-state index in [2.05, 4.69) is 16.3 Å². The molecule has 0 bridgehead atoms. The first kappa shape index (κ1) is 9.45. The van der Waals surface area contributed by atoms with Gasteiger partial charge >= 0.3 is 5.97 Å². The summed E-state index contributed by atoms with van der Waals surface area (Å²) in [6, 6.07) is 1.71. The molecular formula is C11H10N2O2. The Morgan fingerprint density at radius 1 is 1.67 bits per heavy atom. The first-order chi connectivity index (χ1) is 7.26. The van der Waals surface area contributed by atoms with E-state index in [0.29, 0.717) is 11.2 Å². The molecule has 2 aromatic rings. The van der Waals surface area contributed by atoms with Gasteiger partial charge in [0.1, 0.15) is 5.56 Å². The number of imidazole rings is 1. The molecule has 0 fully saturated rings. The standard InChI is InChI=1S/C11H10N2O2/c1-3-8-6-9(11(14)15-2)10-12-4-5-13(10)7-8/h3-7H,1H2,2H3. The van der Waals surface area contributed by atoms with Crippen LogP contribution in [0.5, 0.6) is 0 Å². The highest BCUT2D eigenvalue weighted by Crippen LogP contribution is 2.14. The molecule has 0 N–H and O–H groups in total. The van der Waals surface area contributed by atoms with Gasteiger partial charge in [0.15, 0.2) is 5.65 Å². The van der Waals surface area contributed by atoms with Crippen molar-refractivity contribution < 1.29 is 9.53 Å². The van der Waals surface area contributed by atoms with Crippen LogP contribution in [0.4, 0.5) is 0 Å². The Morgan fingerprint density at radius 2 is 2.47 bits per heavy atom. The lowest BCUT2D eigenvalue weighted by Gasteiger charge is -2.03. The number of ether oxygens (including phenoxy) is 1. The van der Waals surface area contributed by atoms with Crippen molar-refractivity contribution in [3.63, 3.8) is 0 Å². The van der Waals surface area contributed by atoms with Gasteiger partial charge in [0.2, 0.25) is 0 Å². The molecule has 0 spiro atoms. The van der Waals surface area contributed by atoms with Crippen LogP contribution < -0.4 is 0 Å². The largest absolute Gasteiger partial charge is 0.465 e. The van der Waals surface area contributed by atoms with Crippen molar-refractivity contribution in [2.24, 2.45) is 0 Å². The fraction of sp³-hybridized carbons (Fsp3) is 0.0909. The first-order valence-electron chi connectivity index (χ1n) is 4.43. The molecule has 0 aliphatic rings. The Balaban J connectivity index is 2.73. The van der Waals surface area contributed by atoms with Crippen LogP contribution >= 0.6 is 0 Å². The van der Waals surface area contributed by atoms with Gasteiger partial charge in [-0.25, -0.2) is 9.78 Å². The van der Waals surface area contributed by atoms with Crippen molar-refractivity contribution in [2.75, 3.05) is 7.11 Å². The Bertz CT molecular complexity index is 528. The summed E-state index contributed by atoms with van der Waals surface area (Å²) < 4.78 is 6.45. The summed E-state index contributed by atoms with van der Waals surface area (Å²) in [5.74, 6) is -0.394. The number of fused-ring (bicyclic) bond motifs is 1. The Morgan fingerprint density at radius 3 is 3.13 bits per heavy atom. The van der Waals surface area contributed by atoms with Crippen molar-refractivity contribution in [1.29, 1.82) is 0 Å². The van der Waals surface area contributed by atoms with E-state index in [4.69, 9.17) is 0 Å². The van der Waals surface area contributed by atoms with Crippen LogP contribution in [0.3, 0.4) is 0 Å². The highest BCUT2D eigenvalue weighted by Gasteiger charge is 2.12. The summed E-state index contributed by atoms with van der Waals surface area (Å²) in [5, 5.41) is 0. The molecule has 2 aromatic heterocycles. The molecule has 0 aliphatic carbocycles. The Labute approximate surface area is 86.8 Å². The molecule has 0 aliphatic heterocycles. The maximum Gasteiger partial charge on any atom is 0.341 e. The van der Waals surface area contributed by atoms with E-state index in [1.165, 1.54) is 7.11 Å². The second-order valence-corrected chi connectivity index (χ2v) is 3.04. The normalized spacial score (nSPS) is 10.2. The quantitative estimate of drug-likeness (QED) is 0.697. The fourth-order valence-corrected chi connectivity index (χ4v) is 1.43. The van der Waals surface area contributed by atoms with Gasteiger partial charge in [-0.1, -0.05) is 12.7 Å². The van der Waals surface area contributed by atoms with Crippen molar-refractivity contribution in [1.82, 2.24) is 9.38 Å². The maximum atomic E-state index is 11.5. The monoisotopic (exact) mass is 202 g/mol. The molecule has 0 unspecified atom stereocenters. The van der Waals surface area contributed by atoms with Crippen LogP contribution in [-0.2, 0) is 4.74 Å². The van der Waals surface area contributed by atoms with Gasteiger partial charge < -0.3 is 9.14 Å². The minimum absolute atomic E-state index is 0.394. The van der Waals surface area contributed by atoms with E-state index in [1.807, 2.05) is 6.20 Å². The third-order valence-electron chi connectivity index (χ3n) is 2.15. The molecule has 0 aromatic carbocycles. The zero-order valence-corrected chi connectivity index (χ0v) is 8.30. The molecule has 76 valence electrons. The van der Waals surface area contributed by atoms with E-state index < -0.39 is 5.97 Å². The van der Waals surface area contributed by atoms with Crippen LogP contribution in [0.15, 0.2) is 31.2 Å². The van der Waals surface area contributed by atoms with E-state index in [1.54, 1.807) is 28.9 Å². The topological polar surface area (TPSA) is 43.6 Å². The molecule has 0 saturated heterocycles. The molecule has 4 nitrogen and oxygen atoms in total. The van der Waals surface area contributed by atoms with E-state index in [-0.39, 0.29) is 0 Å². The second-order valence-electron chi connectivity index (χ2n) is 3.04. The van der Waals surface area contributed by atoms with Crippen molar-refractivity contribution in [3.05, 3.63) is 42.4 Å². The lowest BCUT2D eigenvalue weighted by atomic mass is 10.2. The van der Waals surface area contributed by atoms with E-state index >= 15 is 0 Å². The van der Waals surface area contributed by atoms with Crippen molar-refractivity contribution in [3.8, 4) is 0 Å². The van der Waals surface area contributed by atoms with Gasteiger partial charge in [-0.15, -0.1) is 0 Å². The SMILES string of the molecule is C=Cc1cc(C(=O)OC)c2nccn2c1. The fourth-order valence-electron chi connectivity index (χ4n) is 1.43. The number of rotatable bonds is 2. The third-order valence-corrected chi connectivity index (χ3v) is 2.15. The van der Waals surface area contributed by atoms with Crippen molar-refractivity contribution in [2.45, 2.75) is 0 Å². The maximum absolute atomic E-state index is 11.5. The number of carbonyl (C=O) groups is 1. The Hall–Kier alpha value is -2.10. The number of esters is 1. The highest BCUT2D eigenvalue weighted by atomic mass is 16.5. The average molecular weight is 202 g/mol. The van der Waals surface area contributed by atoms with Gasteiger partial charge in [0.25, 0.3) is 0 Å². The lowest BCUT2D eigenvalue weighted by molar-refractivity contribution is 0.0602. The van der Waals surface area contributed by atoms with Crippen LogP contribution in [0.25, 0.3) is 11.7 Å². The highest BCUT2D eigenvalue weighted by molar-refractivity contribution is 5.96. The van der Waals surface area contributed by atoms with Crippen LogP contribution in [0.1, 0.15) is 15.9 Å². The molecule has 0 saturated carbocycles. The molecule has 15 heavy (non-hydrogen) atoms. The molecule has 0 radical (unpaired) electrons. The summed E-state index contributed by atoms with van der Waals surface area (Å²) in [6.07, 6.45) is 6.93. The van der Waals surface area contributed by atoms with Gasteiger partial charge in [0.05, 0.1) is 7.11 Å². The molecule has 4 heteroatoms. The number of aromatic nitrogens is 2. The van der Waals surface area contributed by atoms with Crippen LogP contribution in [-0.4, -0.2) is 22.5 Å². The number of hydrogen-bond acceptors (Lipinski definition) is 3. The number of nitrogens with zero attached hydrogens (tertiary/aromatic N) is 2. The average Bonchev–Trinajstić information content (AvgIpc) is 2.74. The summed E-state index contributed by atoms with van der Waals surface area (Å²) in [4.78, 5) is 15.6. The molecule has 2 heterocycles. The van der Waals surface area contributed by atoms with Gasteiger partial charge in [0, 0.05) is 18.6 Å². The van der Waals surface area contributed by atoms with Crippen LogP contribution in [0.2, 0.25) is 0 Å². The molecular weight excluding hydrogens is 192 g/mol. The number of methoxy groups -OCH3 is 1. The number of carbonyl (C=O) groups excluding carboxylic acids is 1. The second kappa shape index (κ2) is 3.57. The molecule has 0 amide bonds.